The average molecular weight is 357 g/mol. The van der Waals surface area contributed by atoms with E-state index in [-0.39, 0.29) is 28.5 Å². The number of rotatable bonds is 9. The number of esters is 1. The van der Waals surface area contributed by atoms with Crippen LogP contribution in [-0.2, 0) is 14.3 Å². The number of ether oxygens (including phenoxy) is 2. The molecule has 0 heterocycles. The lowest BCUT2D eigenvalue weighted by molar-refractivity contribution is -0.170. The Balaban J connectivity index is 5.10. The van der Waals surface area contributed by atoms with Gasteiger partial charge < -0.3 is 9.47 Å². The molecule has 2 unspecified atom stereocenters. The molecule has 0 fully saturated rings. The normalized spacial score (nSPS) is 17.1. The number of hydrogen-bond acceptors (Lipinski definition) is 3. The largest absolute Gasteiger partial charge is 0.461 e. The Bertz CT molecular complexity index is 412. The first-order valence-corrected chi connectivity index (χ1v) is 9.91. The Morgan fingerprint density at radius 3 is 1.76 bits per heavy atom. The molecule has 0 aromatic carbocycles. The van der Waals surface area contributed by atoms with Crippen LogP contribution in [-0.4, -0.2) is 24.3 Å². The molecule has 150 valence electrons. The van der Waals surface area contributed by atoms with E-state index in [1.807, 2.05) is 27.7 Å². The lowest BCUT2D eigenvalue weighted by atomic mass is 9.76. The molecule has 3 nitrogen and oxygen atoms in total. The van der Waals surface area contributed by atoms with Crippen LogP contribution in [0.2, 0.25) is 0 Å². The van der Waals surface area contributed by atoms with E-state index in [9.17, 15) is 4.79 Å². The molecule has 0 spiro atoms. The van der Waals surface area contributed by atoms with Crippen LogP contribution < -0.4 is 0 Å². The van der Waals surface area contributed by atoms with E-state index in [0.29, 0.717) is 13.0 Å². The molecule has 0 aliphatic heterocycles. The van der Waals surface area contributed by atoms with Gasteiger partial charge in [-0.1, -0.05) is 54.9 Å². The van der Waals surface area contributed by atoms with Gasteiger partial charge in [0.1, 0.15) is 6.10 Å². The summed E-state index contributed by atoms with van der Waals surface area (Å²) in [6.45, 7) is 23.9. The Kier molecular flexibility index (Phi) is 8.68. The molecule has 0 saturated carbocycles. The van der Waals surface area contributed by atoms with Gasteiger partial charge in [0, 0.05) is 6.61 Å². The van der Waals surface area contributed by atoms with Gasteiger partial charge >= 0.3 is 5.97 Å². The fourth-order valence-electron chi connectivity index (χ4n) is 2.45. The quantitative estimate of drug-likeness (QED) is 0.449. The van der Waals surface area contributed by atoms with Gasteiger partial charge in [0.2, 0.25) is 0 Å². The van der Waals surface area contributed by atoms with Crippen LogP contribution in [0.15, 0.2) is 0 Å². The fourth-order valence-corrected chi connectivity index (χ4v) is 2.45. The van der Waals surface area contributed by atoms with Crippen molar-refractivity contribution in [2.75, 3.05) is 6.61 Å². The molecule has 0 radical (unpaired) electrons. The predicted octanol–water partition coefficient (Wildman–Crippen LogP) is 6.39. The highest BCUT2D eigenvalue weighted by Gasteiger charge is 2.39. The van der Waals surface area contributed by atoms with Gasteiger partial charge in [0.15, 0.2) is 0 Å². The van der Waals surface area contributed by atoms with Gasteiger partial charge in [-0.15, -0.1) is 0 Å². The van der Waals surface area contributed by atoms with E-state index in [1.165, 1.54) is 0 Å². The van der Waals surface area contributed by atoms with Gasteiger partial charge in [-0.25, -0.2) is 0 Å². The zero-order chi connectivity index (χ0) is 20.1. The molecular formula is C22H44O3. The molecule has 0 saturated heterocycles. The number of carbonyl (C=O) groups excluding carboxylic acids is 1. The molecule has 0 rings (SSSR count). The number of hydrogen-bond donors (Lipinski definition) is 0. The van der Waals surface area contributed by atoms with Crippen LogP contribution in [0.5, 0.6) is 0 Å². The first kappa shape index (κ1) is 24.4. The Hall–Kier alpha value is -0.570. The molecule has 0 amide bonds. The van der Waals surface area contributed by atoms with Crippen LogP contribution in [0.3, 0.4) is 0 Å². The average Bonchev–Trinajstić information content (AvgIpc) is 2.43. The topological polar surface area (TPSA) is 35.5 Å². The van der Waals surface area contributed by atoms with Crippen molar-refractivity contribution in [2.45, 2.75) is 114 Å². The van der Waals surface area contributed by atoms with Gasteiger partial charge in [-0.05, 0) is 57.8 Å². The summed E-state index contributed by atoms with van der Waals surface area (Å²) in [4.78, 5) is 13.0. The summed E-state index contributed by atoms with van der Waals surface area (Å²) in [7, 11) is 0. The second kappa shape index (κ2) is 8.88. The first-order valence-electron chi connectivity index (χ1n) is 9.91. The van der Waals surface area contributed by atoms with E-state index in [2.05, 4.69) is 48.5 Å². The zero-order valence-electron chi connectivity index (χ0n) is 18.8. The molecule has 0 aliphatic carbocycles. The summed E-state index contributed by atoms with van der Waals surface area (Å²) in [5, 5.41) is 0. The minimum Gasteiger partial charge on any atom is -0.461 e. The second-order valence-electron chi connectivity index (χ2n) is 10.6. The highest BCUT2D eigenvalue weighted by Crippen LogP contribution is 2.37. The Labute approximate surface area is 157 Å². The van der Waals surface area contributed by atoms with Crippen LogP contribution in [0.4, 0.5) is 0 Å². The van der Waals surface area contributed by atoms with Crippen LogP contribution in [0.1, 0.15) is 102 Å². The summed E-state index contributed by atoms with van der Waals surface area (Å²) in [5.41, 5.74) is -0.586. The van der Waals surface area contributed by atoms with Crippen molar-refractivity contribution < 1.29 is 14.3 Å². The monoisotopic (exact) mass is 356 g/mol. The van der Waals surface area contributed by atoms with E-state index in [4.69, 9.17) is 9.47 Å². The summed E-state index contributed by atoms with van der Waals surface area (Å²) >= 11 is 0. The zero-order valence-corrected chi connectivity index (χ0v) is 18.8. The standard InChI is InChI=1S/C22H44O3/c1-12-21(9,10)16-17(19(3,4)5)25-18(23)22(11,13-2)14-15-24-20(6,7)8/h17H,12-16H2,1-11H3. The lowest BCUT2D eigenvalue weighted by Gasteiger charge is -2.38. The van der Waals surface area contributed by atoms with Crippen LogP contribution in [0.25, 0.3) is 0 Å². The van der Waals surface area contributed by atoms with E-state index < -0.39 is 5.41 Å². The van der Waals surface area contributed by atoms with Crippen molar-refractivity contribution in [1.29, 1.82) is 0 Å². The van der Waals surface area contributed by atoms with Crippen molar-refractivity contribution in [3.63, 3.8) is 0 Å². The molecule has 0 aromatic rings. The van der Waals surface area contributed by atoms with Gasteiger partial charge in [0.25, 0.3) is 0 Å². The van der Waals surface area contributed by atoms with Crippen LogP contribution >= 0.6 is 0 Å². The molecule has 0 bridgehead atoms. The third-order valence-electron chi connectivity index (χ3n) is 5.37. The Morgan fingerprint density at radius 1 is 0.880 bits per heavy atom. The number of carbonyl (C=O) groups is 1. The SMILES string of the molecule is CCC(C)(C)CC(OC(=O)C(C)(CC)CCOC(C)(C)C)C(C)(C)C. The lowest BCUT2D eigenvalue weighted by Crippen LogP contribution is -2.41. The molecular weight excluding hydrogens is 312 g/mol. The van der Waals surface area contributed by atoms with Crippen molar-refractivity contribution in [1.82, 2.24) is 0 Å². The fraction of sp³-hybridized carbons (Fsp3) is 0.955. The Morgan fingerprint density at radius 2 is 1.40 bits per heavy atom. The maximum atomic E-state index is 13.0. The minimum atomic E-state index is -0.495. The summed E-state index contributed by atoms with van der Waals surface area (Å²) in [6, 6.07) is 0. The third-order valence-corrected chi connectivity index (χ3v) is 5.37. The van der Waals surface area contributed by atoms with Gasteiger partial charge in [-0.3, -0.25) is 4.79 Å². The maximum Gasteiger partial charge on any atom is 0.312 e. The smallest absolute Gasteiger partial charge is 0.312 e. The van der Waals surface area contributed by atoms with Gasteiger partial charge in [0.05, 0.1) is 11.0 Å². The van der Waals surface area contributed by atoms with E-state index in [0.717, 1.165) is 19.3 Å². The van der Waals surface area contributed by atoms with E-state index >= 15 is 0 Å². The maximum absolute atomic E-state index is 13.0. The van der Waals surface area contributed by atoms with Crippen molar-refractivity contribution >= 4 is 5.97 Å². The molecule has 0 aromatic heterocycles. The summed E-state index contributed by atoms with van der Waals surface area (Å²) in [6.07, 6.45) is 3.32. The minimum absolute atomic E-state index is 0.0708. The summed E-state index contributed by atoms with van der Waals surface area (Å²) < 4.78 is 11.9. The molecule has 0 aliphatic rings. The van der Waals surface area contributed by atoms with Crippen LogP contribution in [0, 0.1) is 16.2 Å². The van der Waals surface area contributed by atoms with Gasteiger partial charge in [-0.2, -0.15) is 0 Å². The molecule has 3 heteroatoms. The summed E-state index contributed by atoms with van der Waals surface area (Å²) in [5.74, 6) is -0.0839. The van der Waals surface area contributed by atoms with E-state index in [1.54, 1.807) is 0 Å². The molecule has 2 atom stereocenters. The van der Waals surface area contributed by atoms with Crippen molar-refractivity contribution in [3.8, 4) is 0 Å². The van der Waals surface area contributed by atoms with Crippen molar-refractivity contribution in [3.05, 3.63) is 0 Å². The first-order chi connectivity index (χ1) is 11.1. The highest BCUT2D eigenvalue weighted by molar-refractivity contribution is 5.76. The third kappa shape index (κ3) is 9.08. The molecule has 25 heavy (non-hydrogen) atoms. The highest BCUT2D eigenvalue weighted by atomic mass is 16.5. The predicted molar refractivity (Wildman–Crippen MR) is 107 cm³/mol. The molecule has 0 N–H and O–H groups in total. The van der Waals surface area contributed by atoms with Crippen molar-refractivity contribution in [2.24, 2.45) is 16.2 Å². The second-order valence-corrected chi connectivity index (χ2v) is 10.6.